The van der Waals surface area contributed by atoms with Crippen LogP contribution in [0.1, 0.15) is 51.4 Å². The summed E-state index contributed by atoms with van der Waals surface area (Å²) >= 11 is 0. The number of aliphatic carboxylic acids is 1. The van der Waals surface area contributed by atoms with Gasteiger partial charge >= 0.3 is 5.97 Å². The summed E-state index contributed by atoms with van der Waals surface area (Å²) in [6.07, 6.45) is 7.92. The first-order chi connectivity index (χ1) is 7.68. The lowest BCUT2D eigenvalue weighted by Gasteiger charge is -2.25. The van der Waals surface area contributed by atoms with Crippen molar-refractivity contribution >= 4 is 5.97 Å². The molecule has 2 N–H and O–H groups in total. The quantitative estimate of drug-likeness (QED) is 0.655. The van der Waals surface area contributed by atoms with Crippen LogP contribution in [-0.4, -0.2) is 22.8 Å². The molecule has 0 amide bonds. The molecule has 2 unspecified atom stereocenters. The number of carboxylic acids is 1. The maximum atomic E-state index is 11.4. The molecule has 3 nitrogen and oxygen atoms in total. The summed E-state index contributed by atoms with van der Waals surface area (Å²) in [5, 5.41) is 18.0. The van der Waals surface area contributed by atoms with Gasteiger partial charge < -0.3 is 10.2 Å². The molecule has 2 fully saturated rings. The van der Waals surface area contributed by atoms with Crippen LogP contribution in [0.5, 0.6) is 0 Å². The van der Waals surface area contributed by atoms with Gasteiger partial charge in [-0.15, -0.1) is 0 Å². The molecule has 0 spiro atoms. The zero-order valence-corrected chi connectivity index (χ0v) is 9.82. The fourth-order valence-electron chi connectivity index (χ4n) is 3.31. The Labute approximate surface area is 96.9 Å². The summed E-state index contributed by atoms with van der Waals surface area (Å²) < 4.78 is 0. The maximum Gasteiger partial charge on any atom is 0.309 e. The van der Waals surface area contributed by atoms with Gasteiger partial charge in [-0.05, 0) is 43.9 Å². The second-order valence-electron chi connectivity index (χ2n) is 5.64. The van der Waals surface area contributed by atoms with Crippen molar-refractivity contribution in [3.63, 3.8) is 0 Å². The summed E-state index contributed by atoms with van der Waals surface area (Å²) in [6, 6.07) is 0. The maximum absolute atomic E-state index is 11.4. The van der Waals surface area contributed by atoms with E-state index >= 15 is 0 Å². The van der Waals surface area contributed by atoms with Crippen LogP contribution in [0.15, 0.2) is 0 Å². The Morgan fingerprint density at radius 3 is 2.31 bits per heavy atom. The normalized spacial score (nSPS) is 36.1. The third kappa shape index (κ3) is 2.40. The molecule has 92 valence electrons. The van der Waals surface area contributed by atoms with Gasteiger partial charge in [0.2, 0.25) is 0 Å². The summed E-state index contributed by atoms with van der Waals surface area (Å²) in [5.41, 5.74) is -0.382. The predicted molar refractivity (Wildman–Crippen MR) is 61.1 cm³/mol. The highest BCUT2D eigenvalue weighted by Crippen LogP contribution is 2.61. The van der Waals surface area contributed by atoms with Gasteiger partial charge in [-0.3, -0.25) is 4.79 Å². The van der Waals surface area contributed by atoms with Crippen molar-refractivity contribution in [3.05, 3.63) is 0 Å². The monoisotopic (exact) mass is 226 g/mol. The van der Waals surface area contributed by atoms with E-state index in [-0.39, 0.29) is 12.0 Å². The zero-order chi connectivity index (χ0) is 11.6. The smallest absolute Gasteiger partial charge is 0.309 e. The van der Waals surface area contributed by atoms with E-state index in [9.17, 15) is 9.90 Å². The van der Waals surface area contributed by atoms with Crippen LogP contribution in [0.25, 0.3) is 0 Å². The van der Waals surface area contributed by atoms with Crippen molar-refractivity contribution in [2.45, 2.75) is 51.4 Å². The van der Waals surface area contributed by atoms with E-state index < -0.39 is 5.97 Å². The third-order valence-electron chi connectivity index (χ3n) is 4.39. The number of aliphatic hydroxyl groups excluding tert-OH is 1. The van der Waals surface area contributed by atoms with Gasteiger partial charge in [-0.25, -0.2) is 0 Å². The van der Waals surface area contributed by atoms with E-state index in [4.69, 9.17) is 5.11 Å². The van der Waals surface area contributed by atoms with Crippen molar-refractivity contribution in [3.8, 4) is 0 Å². The van der Waals surface area contributed by atoms with Gasteiger partial charge in [-0.1, -0.05) is 19.3 Å². The Morgan fingerprint density at radius 1 is 1.12 bits per heavy atom. The van der Waals surface area contributed by atoms with Crippen LogP contribution in [0.4, 0.5) is 0 Å². The number of rotatable bonds is 7. The first-order valence-corrected chi connectivity index (χ1v) is 6.52. The third-order valence-corrected chi connectivity index (χ3v) is 4.39. The average molecular weight is 226 g/mol. The molecule has 2 atom stereocenters. The molecular weight excluding hydrogens is 204 g/mol. The summed E-state index contributed by atoms with van der Waals surface area (Å²) in [6.45, 7) is 0.258. The molecule has 2 aliphatic rings. The lowest BCUT2D eigenvalue weighted by molar-refractivity contribution is -0.149. The minimum Gasteiger partial charge on any atom is -0.481 e. The van der Waals surface area contributed by atoms with Crippen LogP contribution in [0, 0.1) is 17.3 Å². The summed E-state index contributed by atoms with van der Waals surface area (Å²) in [7, 11) is 0. The second-order valence-corrected chi connectivity index (χ2v) is 5.64. The van der Waals surface area contributed by atoms with Gasteiger partial charge in [0.05, 0.1) is 5.41 Å². The molecule has 0 bridgehead atoms. The predicted octanol–water partition coefficient (Wildman–Crippen LogP) is 2.43. The number of hydrogen-bond donors (Lipinski definition) is 2. The van der Waals surface area contributed by atoms with Crippen LogP contribution in [0.3, 0.4) is 0 Å². The standard InChI is InChI=1S/C13H22O3/c14-6-4-2-1-3-5-13(12(15)16)8-10-7-11(10)9-13/h10-11,14H,1-9H2,(H,15,16). The minimum atomic E-state index is -0.568. The van der Waals surface area contributed by atoms with Gasteiger partial charge in [0.1, 0.15) is 0 Å². The van der Waals surface area contributed by atoms with Crippen molar-refractivity contribution in [2.24, 2.45) is 17.3 Å². The van der Waals surface area contributed by atoms with Crippen LogP contribution < -0.4 is 0 Å². The highest BCUT2D eigenvalue weighted by atomic mass is 16.4. The Morgan fingerprint density at radius 2 is 1.75 bits per heavy atom. The van der Waals surface area contributed by atoms with E-state index in [1.54, 1.807) is 0 Å². The van der Waals surface area contributed by atoms with Gasteiger partial charge in [-0.2, -0.15) is 0 Å². The van der Waals surface area contributed by atoms with Crippen LogP contribution in [-0.2, 0) is 4.79 Å². The van der Waals surface area contributed by atoms with E-state index in [0.717, 1.165) is 56.8 Å². The van der Waals surface area contributed by atoms with E-state index in [0.29, 0.717) is 0 Å². The number of unbranched alkanes of at least 4 members (excludes halogenated alkanes) is 3. The van der Waals surface area contributed by atoms with Crippen LogP contribution in [0.2, 0.25) is 0 Å². The molecule has 2 rings (SSSR count). The Kier molecular flexibility index (Phi) is 3.53. The Balaban J connectivity index is 1.74. The highest BCUT2D eigenvalue weighted by Gasteiger charge is 2.56. The number of hydrogen-bond acceptors (Lipinski definition) is 2. The molecule has 0 aliphatic heterocycles. The molecule has 2 saturated carbocycles. The van der Waals surface area contributed by atoms with E-state index in [1.165, 1.54) is 6.42 Å². The molecule has 2 aliphatic carbocycles. The molecule has 0 aromatic heterocycles. The lowest BCUT2D eigenvalue weighted by atomic mass is 9.78. The van der Waals surface area contributed by atoms with Crippen molar-refractivity contribution < 1.29 is 15.0 Å². The largest absolute Gasteiger partial charge is 0.481 e. The fraction of sp³-hybridized carbons (Fsp3) is 0.923. The highest BCUT2D eigenvalue weighted by molar-refractivity contribution is 5.75. The fourth-order valence-corrected chi connectivity index (χ4v) is 3.31. The SMILES string of the molecule is O=C(O)C1(CCCCCCO)CC2CC2C1. The van der Waals surface area contributed by atoms with Gasteiger partial charge in [0, 0.05) is 6.61 Å². The molecule has 16 heavy (non-hydrogen) atoms. The topological polar surface area (TPSA) is 57.5 Å². The second kappa shape index (κ2) is 4.74. The Bertz CT molecular complexity index is 252. The molecule has 0 saturated heterocycles. The zero-order valence-electron chi connectivity index (χ0n) is 9.82. The van der Waals surface area contributed by atoms with Crippen molar-refractivity contribution in [1.82, 2.24) is 0 Å². The summed E-state index contributed by atoms with van der Waals surface area (Å²) in [5.74, 6) is 0.893. The molecule has 0 aromatic rings. The molecule has 0 heterocycles. The van der Waals surface area contributed by atoms with Crippen molar-refractivity contribution in [2.75, 3.05) is 6.61 Å². The average Bonchev–Trinajstić information content (AvgIpc) is 2.86. The first kappa shape index (κ1) is 11.9. The lowest BCUT2D eigenvalue weighted by Crippen LogP contribution is -2.29. The van der Waals surface area contributed by atoms with E-state index in [1.807, 2.05) is 0 Å². The molecule has 0 aromatic carbocycles. The van der Waals surface area contributed by atoms with Gasteiger partial charge in [0.15, 0.2) is 0 Å². The Hall–Kier alpha value is -0.570. The minimum absolute atomic E-state index is 0.258. The van der Waals surface area contributed by atoms with Crippen molar-refractivity contribution in [1.29, 1.82) is 0 Å². The number of carboxylic acid groups (broad SMARTS) is 1. The molecule has 3 heteroatoms. The first-order valence-electron chi connectivity index (χ1n) is 6.52. The number of carbonyl (C=O) groups is 1. The van der Waals surface area contributed by atoms with E-state index in [2.05, 4.69) is 0 Å². The molecular formula is C13H22O3. The molecule has 0 radical (unpaired) electrons. The summed E-state index contributed by atoms with van der Waals surface area (Å²) in [4.78, 5) is 11.4. The van der Waals surface area contributed by atoms with Crippen LogP contribution >= 0.6 is 0 Å². The number of fused-ring (bicyclic) bond motifs is 1. The number of aliphatic hydroxyl groups is 1. The van der Waals surface area contributed by atoms with Gasteiger partial charge in [0.25, 0.3) is 0 Å².